The second kappa shape index (κ2) is 9.13. The Labute approximate surface area is 179 Å². The largest absolute Gasteiger partial charge is 0.507 e. The standard InChI is InChI=1S/C22H25N3O6/c1-3-10-21(2)14-18(25(28)29)9-11-22(21,31-20(26)27)19-23-12-13-24(19)16-30-15-17-7-5-4-6-8-17/h4-9,11-14H,3,10,15-16H2,1-2H3,(H,26,27). The van der Waals surface area contributed by atoms with Gasteiger partial charge in [0.05, 0.1) is 11.5 Å². The van der Waals surface area contributed by atoms with E-state index in [2.05, 4.69) is 4.98 Å². The number of hydrogen-bond donors (Lipinski definition) is 1. The zero-order valence-corrected chi connectivity index (χ0v) is 17.4. The molecule has 9 heteroatoms. The maximum Gasteiger partial charge on any atom is 0.507 e. The predicted molar refractivity (Wildman–Crippen MR) is 111 cm³/mol. The molecule has 1 aliphatic rings. The van der Waals surface area contributed by atoms with Crippen molar-refractivity contribution in [2.75, 3.05) is 0 Å². The van der Waals surface area contributed by atoms with Crippen LogP contribution in [0.2, 0.25) is 0 Å². The average Bonchev–Trinajstić information content (AvgIpc) is 3.19. The SMILES string of the molecule is CCCC1(C)C=C([N+](=O)[O-])C=CC1(OC(=O)O)c1nccn1COCc1ccccc1. The van der Waals surface area contributed by atoms with Gasteiger partial charge in [0.15, 0.2) is 5.82 Å². The molecule has 9 nitrogen and oxygen atoms in total. The van der Waals surface area contributed by atoms with Gasteiger partial charge in [-0.15, -0.1) is 0 Å². The zero-order chi connectivity index (χ0) is 22.5. The Balaban J connectivity index is 1.98. The quantitative estimate of drug-likeness (QED) is 0.356. The molecular weight excluding hydrogens is 402 g/mol. The number of carbonyl (C=O) groups is 1. The molecule has 1 aromatic carbocycles. The van der Waals surface area contributed by atoms with E-state index in [0.29, 0.717) is 25.3 Å². The molecule has 0 saturated heterocycles. The molecule has 0 fully saturated rings. The van der Waals surface area contributed by atoms with Crippen molar-refractivity contribution in [1.29, 1.82) is 0 Å². The van der Waals surface area contributed by atoms with Crippen molar-refractivity contribution in [2.45, 2.75) is 45.6 Å². The van der Waals surface area contributed by atoms with Crippen molar-refractivity contribution in [3.05, 3.63) is 88.2 Å². The van der Waals surface area contributed by atoms with E-state index in [4.69, 9.17) is 9.47 Å². The summed E-state index contributed by atoms with van der Waals surface area (Å²) in [5.74, 6) is 0.300. The minimum absolute atomic E-state index is 0.108. The smallest absolute Gasteiger partial charge is 0.450 e. The van der Waals surface area contributed by atoms with Gasteiger partial charge in [-0.1, -0.05) is 50.6 Å². The molecule has 0 aliphatic heterocycles. The topological polar surface area (TPSA) is 117 Å². The number of aromatic nitrogens is 2. The molecule has 0 amide bonds. The van der Waals surface area contributed by atoms with Crippen molar-refractivity contribution in [2.24, 2.45) is 5.41 Å². The fourth-order valence-corrected chi connectivity index (χ4v) is 4.01. The monoisotopic (exact) mass is 427 g/mol. The summed E-state index contributed by atoms with van der Waals surface area (Å²) in [4.78, 5) is 27.0. The Morgan fingerprint density at radius 1 is 1.32 bits per heavy atom. The number of allylic oxidation sites excluding steroid dienone is 1. The van der Waals surface area contributed by atoms with E-state index in [0.717, 1.165) is 5.56 Å². The number of ether oxygens (including phenoxy) is 2. The third-order valence-corrected chi connectivity index (χ3v) is 5.42. The Bertz CT molecular complexity index is 1000. The van der Waals surface area contributed by atoms with Crippen LogP contribution in [0.1, 0.15) is 38.1 Å². The van der Waals surface area contributed by atoms with Gasteiger partial charge in [0, 0.05) is 30.0 Å². The van der Waals surface area contributed by atoms with Crippen molar-refractivity contribution in [3.63, 3.8) is 0 Å². The Hall–Kier alpha value is -3.46. The highest BCUT2D eigenvalue weighted by Crippen LogP contribution is 2.51. The minimum atomic E-state index is -1.55. The summed E-state index contributed by atoms with van der Waals surface area (Å²) in [6.07, 6.45) is 6.95. The Morgan fingerprint density at radius 2 is 2.06 bits per heavy atom. The van der Waals surface area contributed by atoms with E-state index in [-0.39, 0.29) is 12.4 Å². The van der Waals surface area contributed by atoms with Gasteiger partial charge in [0.2, 0.25) is 5.60 Å². The number of rotatable bonds is 9. The first-order valence-corrected chi connectivity index (χ1v) is 9.93. The fraction of sp³-hybridized carbons (Fsp3) is 0.364. The molecule has 1 heterocycles. The summed E-state index contributed by atoms with van der Waals surface area (Å²) in [5, 5.41) is 20.9. The van der Waals surface area contributed by atoms with Gasteiger partial charge >= 0.3 is 6.16 Å². The van der Waals surface area contributed by atoms with Crippen molar-refractivity contribution < 1.29 is 24.3 Å². The van der Waals surface area contributed by atoms with E-state index >= 15 is 0 Å². The number of benzene rings is 1. The van der Waals surface area contributed by atoms with Crippen LogP contribution in [0.3, 0.4) is 0 Å². The summed E-state index contributed by atoms with van der Waals surface area (Å²) >= 11 is 0. The zero-order valence-electron chi connectivity index (χ0n) is 17.4. The minimum Gasteiger partial charge on any atom is -0.450 e. The number of imidazole rings is 1. The molecule has 1 N–H and O–H groups in total. The van der Waals surface area contributed by atoms with Crippen LogP contribution in [0.4, 0.5) is 4.79 Å². The second-order valence-corrected chi connectivity index (χ2v) is 7.61. The summed E-state index contributed by atoms with van der Waals surface area (Å²) in [6.45, 7) is 4.13. The molecule has 0 saturated carbocycles. The van der Waals surface area contributed by atoms with Gasteiger partial charge in [-0.05, 0) is 18.1 Å². The maximum atomic E-state index is 11.7. The molecule has 1 aliphatic carbocycles. The van der Waals surface area contributed by atoms with E-state index < -0.39 is 22.1 Å². The summed E-state index contributed by atoms with van der Waals surface area (Å²) in [7, 11) is 0. The predicted octanol–water partition coefficient (Wildman–Crippen LogP) is 4.48. The molecule has 31 heavy (non-hydrogen) atoms. The average molecular weight is 427 g/mol. The van der Waals surface area contributed by atoms with Crippen LogP contribution >= 0.6 is 0 Å². The normalized spacial score (nSPS) is 22.7. The lowest BCUT2D eigenvalue weighted by atomic mass is 9.66. The molecule has 2 aromatic rings. The third-order valence-electron chi connectivity index (χ3n) is 5.42. The van der Waals surface area contributed by atoms with E-state index in [1.54, 1.807) is 17.7 Å². The summed E-state index contributed by atoms with van der Waals surface area (Å²) in [5.41, 5.74) is -1.69. The van der Waals surface area contributed by atoms with E-state index in [1.165, 1.54) is 24.4 Å². The molecule has 1 aromatic heterocycles. The number of hydrogen-bond acceptors (Lipinski definition) is 6. The molecule has 0 radical (unpaired) electrons. The summed E-state index contributed by atoms with van der Waals surface area (Å²) in [6, 6.07) is 9.63. The van der Waals surface area contributed by atoms with Gasteiger partial charge in [-0.25, -0.2) is 9.78 Å². The molecule has 2 unspecified atom stereocenters. The molecule has 0 bridgehead atoms. The van der Waals surface area contributed by atoms with Crippen LogP contribution < -0.4 is 0 Å². The van der Waals surface area contributed by atoms with Crippen LogP contribution in [0, 0.1) is 15.5 Å². The third kappa shape index (κ3) is 4.51. The Kier molecular flexibility index (Phi) is 6.55. The maximum absolute atomic E-state index is 11.7. The van der Waals surface area contributed by atoms with Crippen molar-refractivity contribution in [1.82, 2.24) is 9.55 Å². The lowest BCUT2D eigenvalue weighted by molar-refractivity contribution is -0.420. The van der Waals surface area contributed by atoms with Crippen LogP contribution in [-0.4, -0.2) is 25.7 Å². The van der Waals surface area contributed by atoms with E-state index in [1.807, 2.05) is 37.3 Å². The van der Waals surface area contributed by atoms with Crippen molar-refractivity contribution in [3.8, 4) is 0 Å². The van der Waals surface area contributed by atoms with Gasteiger partial charge in [-0.3, -0.25) is 10.1 Å². The molecule has 2 atom stereocenters. The van der Waals surface area contributed by atoms with Crippen molar-refractivity contribution >= 4 is 6.16 Å². The first-order valence-electron chi connectivity index (χ1n) is 9.93. The number of carboxylic acid groups (broad SMARTS) is 1. The molecular formula is C22H25N3O6. The van der Waals surface area contributed by atoms with Crippen LogP contribution in [0.25, 0.3) is 0 Å². The lowest BCUT2D eigenvalue weighted by Crippen LogP contribution is -2.48. The number of nitrogens with zero attached hydrogens (tertiary/aromatic N) is 3. The number of nitro groups is 1. The first kappa shape index (κ1) is 22.2. The highest BCUT2D eigenvalue weighted by molar-refractivity contribution is 5.59. The second-order valence-electron chi connectivity index (χ2n) is 7.61. The highest BCUT2D eigenvalue weighted by Gasteiger charge is 2.55. The first-order chi connectivity index (χ1) is 14.8. The Morgan fingerprint density at radius 3 is 2.71 bits per heavy atom. The molecule has 0 spiro atoms. The van der Waals surface area contributed by atoms with E-state index in [9.17, 15) is 20.0 Å². The fourth-order valence-electron chi connectivity index (χ4n) is 4.01. The lowest BCUT2D eigenvalue weighted by Gasteiger charge is -2.44. The summed E-state index contributed by atoms with van der Waals surface area (Å²) < 4.78 is 12.9. The van der Waals surface area contributed by atoms with Crippen LogP contribution in [-0.2, 0) is 28.4 Å². The molecule has 164 valence electrons. The van der Waals surface area contributed by atoms with Gasteiger partial charge in [-0.2, -0.15) is 0 Å². The molecule has 3 rings (SSSR count). The van der Waals surface area contributed by atoms with Gasteiger partial charge < -0.3 is 19.1 Å². The van der Waals surface area contributed by atoms with Crippen LogP contribution in [0.15, 0.2) is 66.7 Å². The van der Waals surface area contributed by atoms with Gasteiger partial charge in [0.25, 0.3) is 5.70 Å². The van der Waals surface area contributed by atoms with Gasteiger partial charge in [0.1, 0.15) is 6.73 Å². The highest BCUT2D eigenvalue weighted by atomic mass is 16.7. The van der Waals surface area contributed by atoms with Crippen LogP contribution in [0.5, 0.6) is 0 Å².